The molecule has 1 aromatic carbocycles. The van der Waals surface area contributed by atoms with Gasteiger partial charge < -0.3 is 20.3 Å². The molecule has 2 heterocycles. The summed E-state index contributed by atoms with van der Waals surface area (Å²) in [6.07, 6.45) is 4.78. The van der Waals surface area contributed by atoms with Crippen LogP contribution >= 0.6 is 11.3 Å². The lowest BCUT2D eigenvalue weighted by molar-refractivity contribution is -0.141. The van der Waals surface area contributed by atoms with E-state index in [9.17, 15) is 18.0 Å². The summed E-state index contributed by atoms with van der Waals surface area (Å²) < 4.78 is 33.6. The number of ether oxygens (including phenoxy) is 1. The average Bonchev–Trinajstić information content (AvgIpc) is 3.38. The van der Waals surface area contributed by atoms with E-state index in [1.54, 1.807) is 25.3 Å². The van der Waals surface area contributed by atoms with E-state index < -0.39 is 16.1 Å². The Balaban J connectivity index is 1.51. The Kier molecular flexibility index (Phi) is 8.94. The van der Waals surface area contributed by atoms with Gasteiger partial charge in [-0.25, -0.2) is 22.9 Å². The Labute approximate surface area is 228 Å². The molecule has 2 aromatic rings. The van der Waals surface area contributed by atoms with Crippen LogP contribution in [-0.2, 0) is 19.6 Å². The minimum Gasteiger partial charge on any atom is -0.453 e. The van der Waals surface area contributed by atoms with Gasteiger partial charge in [0.25, 0.3) is 0 Å². The number of amides is 2. The highest BCUT2D eigenvalue weighted by atomic mass is 32.2. The van der Waals surface area contributed by atoms with E-state index in [1.165, 1.54) is 18.4 Å². The fourth-order valence-corrected chi connectivity index (χ4v) is 7.50. The van der Waals surface area contributed by atoms with Crippen LogP contribution in [-0.4, -0.2) is 69.1 Å². The number of carbonyl (C=O) groups is 2. The van der Waals surface area contributed by atoms with Crippen molar-refractivity contribution in [2.45, 2.75) is 69.4 Å². The number of sulfonamides is 1. The van der Waals surface area contributed by atoms with Crippen molar-refractivity contribution in [3.8, 4) is 10.4 Å². The summed E-state index contributed by atoms with van der Waals surface area (Å²) in [5.41, 5.74) is 1.18. The number of nitrogens with zero attached hydrogens (tertiary/aromatic N) is 2. The Bertz CT molecular complexity index is 1250. The number of carbonyl (C=O) groups excluding carboxylic acids is 2. The molecule has 0 radical (unpaired) electrons. The number of thiazole rings is 1. The molecule has 1 aliphatic carbocycles. The number of methoxy groups -OCH3 is 1. The van der Waals surface area contributed by atoms with Crippen LogP contribution in [0.3, 0.4) is 0 Å². The predicted octanol–water partition coefficient (Wildman–Crippen LogP) is 3.77. The summed E-state index contributed by atoms with van der Waals surface area (Å²) in [7, 11) is -2.41. The van der Waals surface area contributed by atoms with Gasteiger partial charge in [0.2, 0.25) is 15.9 Å². The van der Waals surface area contributed by atoms with Gasteiger partial charge >= 0.3 is 6.09 Å². The van der Waals surface area contributed by atoms with Crippen molar-refractivity contribution in [1.82, 2.24) is 19.9 Å². The van der Waals surface area contributed by atoms with E-state index in [-0.39, 0.29) is 35.3 Å². The van der Waals surface area contributed by atoms with E-state index in [4.69, 9.17) is 4.74 Å². The first-order valence-electron chi connectivity index (χ1n) is 13.1. The molecule has 1 atom stereocenters. The van der Waals surface area contributed by atoms with Crippen molar-refractivity contribution in [1.29, 1.82) is 0 Å². The third kappa shape index (κ3) is 6.47. The number of hydrogen-bond acceptors (Lipinski definition) is 8. The smallest absolute Gasteiger partial charge is 0.407 e. The highest BCUT2D eigenvalue weighted by Crippen LogP contribution is 2.40. The highest BCUT2D eigenvalue weighted by Gasteiger charge is 2.37. The maximum Gasteiger partial charge on any atom is 0.407 e. The van der Waals surface area contributed by atoms with Gasteiger partial charge in [-0.2, -0.15) is 0 Å². The normalized spacial score (nSPS) is 21.8. The SMILES string of the molecule is CCNS(=O)(=O)c1cc(N[C@@H]2CN(CC(C)C)C2=O)ccc1-c1cnc([C@H]2CC[C@H](NC(=O)OC)CC2)s1. The standard InChI is InChI=1S/C26H37N5O5S2/c1-5-28-38(34,35)23-12-19(29-21-15-31(25(21)32)14-16(2)3)10-11-20(23)22-13-27-24(37-22)17-6-8-18(9-7-17)30-26(33)36-4/h10-13,16-18,21,28-29H,5-9,14-15H2,1-4H3,(H,30,33)/t17-,18-,21-/m1/s1. The van der Waals surface area contributed by atoms with Crippen LogP contribution in [0, 0.1) is 5.92 Å². The second-order valence-corrected chi connectivity index (χ2v) is 13.1. The zero-order chi connectivity index (χ0) is 27.4. The minimum absolute atomic E-state index is 0.0301. The molecular formula is C26H37N5O5S2. The lowest BCUT2D eigenvalue weighted by atomic mass is 9.86. The molecule has 1 saturated carbocycles. The number of rotatable bonds is 10. The highest BCUT2D eigenvalue weighted by molar-refractivity contribution is 7.89. The molecule has 1 aromatic heterocycles. The number of anilines is 1. The topological polar surface area (TPSA) is 130 Å². The Morgan fingerprint density at radius 1 is 1.24 bits per heavy atom. The summed E-state index contributed by atoms with van der Waals surface area (Å²) >= 11 is 1.51. The maximum atomic E-state index is 13.2. The average molecular weight is 564 g/mol. The molecule has 10 nitrogen and oxygen atoms in total. The molecule has 38 heavy (non-hydrogen) atoms. The molecule has 2 aliphatic rings. The van der Waals surface area contributed by atoms with Gasteiger partial charge in [-0.3, -0.25) is 4.79 Å². The largest absolute Gasteiger partial charge is 0.453 e. The van der Waals surface area contributed by atoms with Gasteiger partial charge in [0.15, 0.2) is 0 Å². The van der Waals surface area contributed by atoms with E-state index in [2.05, 4.69) is 34.2 Å². The third-order valence-corrected chi connectivity index (χ3v) is 9.70. The number of hydrogen-bond donors (Lipinski definition) is 3. The molecule has 2 amide bonds. The van der Waals surface area contributed by atoms with Gasteiger partial charge in [0, 0.05) is 49.0 Å². The molecule has 1 aliphatic heterocycles. The molecule has 1 saturated heterocycles. The van der Waals surface area contributed by atoms with Crippen LogP contribution in [0.1, 0.15) is 57.4 Å². The van der Waals surface area contributed by atoms with Crippen LogP contribution in [0.25, 0.3) is 10.4 Å². The van der Waals surface area contributed by atoms with Crippen molar-refractivity contribution < 1.29 is 22.7 Å². The summed E-state index contributed by atoms with van der Waals surface area (Å²) in [6, 6.07) is 4.95. The lowest BCUT2D eigenvalue weighted by Gasteiger charge is -2.40. The first-order valence-corrected chi connectivity index (χ1v) is 15.4. The molecule has 0 unspecified atom stereocenters. The fourth-order valence-electron chi connectivity index (χ4n) is 5.03. The van der Waals surface area contributed by atoms with Crippen molar-refractivity contribution in [2.24, 2.45) is 5.92 Å². The Morgan fingerprint density at radius 2 is 1.97 bits per heavy atom. The summed E-state index contributed by atoms with van der Waals surface area (Å²) in [5, 5.41) is 7.04. The van der Waals surface area contributed by atoms with Crippen LogP contribution in [0.4, 0.5) is 10.5 Å². The van der Waals surface area contributed by atoms with Gasteiger partial charge in [0.1, 0.15) is 6.04 Å². The van der Waals surface area contributed by atoms with Gasteiger partial charge in [0.05, 0.1) is 21.9 Å². The fraction of sp³-hybridized carbons (Fsp3) is 0.577. The first-order chi connectivity index (χ1) is 18.1. The molecule has 3 N–H and O–H groups in total. The molecule has 0 bridgehead atoms. The molecule has 12 heteroatoms. The van der Waals surface area contributed by atoms with Crippen molar-refractivity contribution >= 4 is 39.0 Å². The Hall–Kier alpha value is -2.70. The quantitative estimate of drug-likeness (QED) is 0.375. The predicted molar refractivity (Wildman–Crippen MR) is 148 cm³/mol. The second-order valence-electron chi connectivity index (χ2n) is 10.3. The van der Waals surface area contributed by atoms with Crippen molar-refractivity contribution in [3.63, 3.8) is 0 Å². The lowest BCUT2D eigenvalue weighted by Crippen LogP contribution is -2.60. The maximum absolute atomic E-state index is 13.2. The summed E-state index contributed by atoms with van der Waals surface area (Å²) in [5.74, 6) is 0.687. The Morgan fingerprint density at radius 3 is 2.61 bits per heavy atom. The van der Waals surface area contributed by atoms with Crippen molar-refractivity contribution in [3.05, 3.63) is 29.4 Å². The van der Waals surface area contributed by atoms with E-state index in [0.29, 0.717) is 30.3 Å². The number of nitrogens with one attached hydrogen (secondary N) is 3. The van der Waals surface area contributed by atoms with E-state index in [0.717, 1.165) is 35.6 Å². The molecule has 0 spiro atoms. The van der Waals surface area contributed by atoms with E-state index in [1.807, 2.05) is 11.0 Å². The zero-order valence-corrected chi connectivity index (χ0v) is 24.0. The van der Waals surface area contributed by atoms with Gasteiger partial charge in [-0.05, 0) is 43.7 Å². The second kappa shape index (κ2) is 12.0. The summed E-state index contributed by atoms with van der Waals surface area (Å²) in [6.45, 7) is 7.47. The number of β-lactam (4-membered cyclic amide) rings is 1. The van der Waals surface area contributed by atoms with Crippen LogP contribution in [0.2, 0.25) is 0 Å². The zero-order valence-electron chi connectivity index (χ0n) is 22.3. The number of benzene rings is 1. The number of alkyl carbamates (subject to hydrolysis) is 1. The van der Waals surface area contributed by atoms with Crippen molar-refractivity contribution in [2.75, 3.05) is 32.1 Å². The monoisotopic (exact) mass is 563 g/mol. The third-order valence-electron chi connectivity index (χ3n) is 6.92. The van der Waals surface area contributed by atoms with Gasteiger partial charge in [-0.15, -0.1) is 11.3 Å². The molecule has 2 fully saturated rings. The number of likely N-dealkylation sites (tertiary alicyclic amines) is 1. The summed E-state index contributed by atoms with van der Waals surface area (Å²) in [4.78, 5) is 31.4. The minimum atomic E-state index is -3.77. The van der Waals surface area contributed by atoms with Crippen LogP contribution < -0.4 is 15.4 Å². The molecule has 4 rings (SSSR count). The van der Waals surface area contributed by atoms with Crippen LogP contribution in [0.15, 0.2) is 29.3 Å². The first kappa shape index (κ1) is 28.3. The van der Waals surface area contributed by atoms with Gasteiger partial charge in [-0.1, -0.05) is 26.8 Å². The van der Waals surface area contributed by atoms with E-state index >= 15 is 0 Å². The number of aromatic nitrogens is 1. The molecular weight excluding hydrogens is 526 g/mol. The van der Waals surface area contributed by atoms with Crippen LogP contribution in [0.5, 0.6) is 0 Å². The molecule has 208 valence electrons.